The van der Waals surface area contributed by atoms with Crippen LogP contribution >= 0.6 is 0 Å². The molecule has 1 unspecified atom stereocenters. The second-order valence-electron chi connectivity index (χ2n) is 7.48. The van der Waals surface area contributed by atoms with E-state index < -0.39 is 0 Å². The monoisotopic (exact) mass is 374 g/mol. The zero-order valence-corrected chi connectivity index (χ0v) is 16.5. The maximum absolute atomic E-state index is 12.8. The van der Waals surface area contributed by atoms with Gasteiger partial charge in [0.25, 0.3) is 5.91 Å². The van der Waals surface area contributed by atoms with E-state index in [-0.39, 0.29) is 11.9 Å². The highest BCUT2D eigenvalue weighted by atomic mass is 16.1. The standard InChI is InChI=1S/C23H26N4O/c1-16-17(2)26-21-14-19(10-11-20(21)25-16)23(28)24-15-22(27-12-6-7-13-27)18-8-4-3-5-9-18/h3-5,8-11,14,22H,6-7,12-13,15H2,1-2H3,(H,24,28). The van der Waals surface area contributed by atoms with Crippen LogP contribution in [0, 0.1) is 13.8 Å². The predicted octanol–water partition coefficient (Wildman–Crippen LogP) is 3.81. The van der Waals surface area contributed by atoms with Gasteiger partial charge in [0, 0.05) is 12.1 Å². The van der Waals surface area contributed by atoms with E-state index in [1.54, 1.807) is 0 Å². The first-order valence-corrected chi connectivity index (χ1v) is 9.94. The second-order valence-corrected chi connectivity index (χ2v) is 7.48. The van der Waals surface area contributed by atoms with Crippen molar-refractivity contribution in [2.45, 2.75) is 32.7 Å². The van der Waals surface area contributed by atoms with Crippen molar-refractivity contribution < 1.29 is 4.79 Å². The molecule has 1 aliphatic rings. The first kappa shape index (κ1) is 18.6. The summed E-state index contributed by atoms with van der Waals surface area (Å²) in [5.41, 5.74) is 5.26. The Kier molecular flexibility index (Phi) is 5.35. The van der Waals surface area contributed by atoms with E-state index in [1.165, 1.54) is 18.4 Å². The topological polar surface area (TPSA) is 58.1 Å². The molecule has 2 heterocycles. The summed E-state index contributed by atoms with van der Waals surface area (Å²) in [7, 11) is 0. The fraction of sp³-hybridized carbons (Fsp3) is 0.348. The van der Waals surface area contributed by atoms with E-state index in [0.29, 0.717) is 12.1 Å². The Morgan fingerprint density at radius 3 is 2.39 bits per heavy atom. The quantitative estimate of drug-likeness (QED) is 0.738. The average molecular weight is 374 g/mol. The molecule has 3 aromatic rings. The van der Waals surface area contributed by atoms with Crippen LogP contribution in [0.25, 0.3) is 11.0 Å². The van der Waals surface area contributed by atoms with Gasteiger partial charge in [0.2, 0.25) is 0 Å². The number of carbonyl (C=O) groups is 1. The van der Waals surface area contributed by atoms with Gasteiger partial charge in [-0.2, -0.15) is 0 Å². The van der Waals surface area contributed by atoms with E-state index in [2.05, 4.69) is 44.5 Å². The Balaban J connectivity index is 1.52. The number of fused-ring (bicyclic) bond motifs is 1. The smallest absolute Gasteiger partial charge is 0.251 e. The van der Waals surface area contributed by atoms with Crippen molar-refractivity contribution in [1.82, 2.24) is 20.2 Å². The summed E-state index contributed by atoms with van der Waals surface area (Å²) in [6, 6.07) is 16.2. The first-order valence-electron chi connectivity index (χ1n) is 9.94. The van der Waals surface area contributed by atoms with Crippen LogP contribution in [-0.2, 0) is 0 Å². The van der Waals surface area contributed by atoms with Crippen LogP contribution in [0.3, 0.4) is 0 Å². The summed E-state index contributed by atoms with van der Waals surface area (Å²) < 4.78 is 0. The minimum absolute atomic E-state index is 0.0675. The van der Waals surface area contributed by atoms with Crippen molar-refractivity contribution in [3.63, 3.8) is 0 Å². The zero-order valence-electron chi connectivity index (χ0n) is 16.5. The van der Waals surface area contributed by atoms with Gasteiger partial charge in [-0.25, -0.2) is 9.97 Å². The molecule has 2 aromatic carbocycles. The molecule has 0 aliphatic carbocycles. The highest BCUT2D eigenvalue weighted by molar-refractivity contribution is 5.97. The number of hydrogen-bond donors (Lipinski definition) is 1. The van der Waals surface area contributed by atoms with Gasteiger partial charge < -0.3 is 5.32 Å². The Bertz CT molecular complexity index is 981. The molecule has 144 valence electrons. The lowest BCUT2D eigenvalue weighted by Crippen LogP contribution is -2.36. The highest BCUT2D eigenvalue weighted by Crippen LogP contribution is 2.24. The molecule has 0 spiro atoms. The molecule has 28 heavy (non-hydrogen) atoms. The maximum atomic E-state index is 12.8. The number of nitrogens with zero attached hydrogens (tertiary/aromatic N) is 3. The van der Waals surface area contributed by atoms with Crippen molar-refractivity contribution in [1.29, 1.82) is 0 Å². The summed E-state index contributed by atoms with van der Waals surface area (Å²) in [5.74, 6) is -0.0675. The lowest BCUT2D eigenvalue weighted by molar-refractivity contribution is 0.0938. The van der Waals surface area contributed by atoms with Gasteiger partial charge in [0.05, 0.1) is 28.5 Å². The molecule has 1 N–H and O–H groups in total. The molecular formula is C23H26N4O. The number of hydrogen-bond acceptors (Lipinski definition) is 4. The van der Waals surface area contributed by atoms with Gasteiger partial charge >= 0.3 is 0 Å². The van der Waals surface area contributed by atoms with Crippen molar-refractivity contribution in [3.8, 4) is 0 Å². The number of carbonyl (C=O) groups excluding carboxylic acids is 1. The number of nitrogens with one attached hydrogen (secondary N) is 1. The van der Waals surface area contributed by atoms with Crippen LogP contribution in [0.4, 0.5) is 0 Å². The summed E-state index contributed by atoms with van der Waals surface area (Å²) >= 11 is 0. The normalized spacial score (nSPS) is 15.6. The Morgan fingerprint density at radius 1 is 1.00 bits per heavy atom. The van der Waals surface area contributed by atoms with E-state index in [0.717, 1.165) is 35.5 Å². The summed E-state index contributed by atoms with van der Waals surface area (Å²) in [6.45, 7) is 6.65. The lowest BCUT2D eigenvalue weighted by Gasteiger charge is -2.28. The second kappa shape index (κ2) is 8.07. The zero-order chi connectivity index (χ0) is 19.5. The van der Waals surface area contributed by atoms with E-state index in [1.807, 2.05) is 38.1 Å². The van der Waals surface area contributed by atoms with Crippen LogP contribution in [-0.4, -0.2) is 40.4 Å². The molecule has 1 atom stereocenters. The van der Waals surface area contributed by atoms with Crippen LogP contribution < -0.4 is 5.32 Å². The molecule has 1 aliphatic heterocycles. The molecule has 5 nitrogen and oxygen atoms in total. The Morgan fingerprint density at radius 2 is 1.68 bits per heavy atom. The van der Waals surface area contributed by atoms with Gasteiger partial charge in [0.1, 0.15) is 0 Å². The summed E-state index contributed by atoms with van der Waals surface area (Å²) in [4.78, 5) is 24.4. The molecule has 0 radical (unpaired) electrons. The minimum atomic E-state index is -0.0675. The fourth-order valence-corrected chi connectivity index (χ4v) is 3.85. The van der Waals surface area contributed by atoms with E-state index in [9.17, 15) is 4.79 Å². The molecule has 1 amide bonds. The molecule has 5 heteroatoms. The SMILES string of the molecule is Cc1nc2ccc(C(=O)NCC(c3ccccc3)N3CCCC3)cc2nc1C. The number of likely N-dealkylation sites (tertiary alicyclic amines) is 1. The minimum Gasteiger partial charge on any atom is -0.350 e. The van der Waals surface area contributed by atoms with Crippen LogP contribution in [0.1, 0.15) is 46.2 Å². The maximum Gasteiger partial charge on any atom is 0.251 e. The number of aryl methyl sites for hydroxylation is 2. The van der Waals surface area contributed by atoms with Gasteiger partial charge in [-0.3, -0.25) is 9.69 Å². The van der Waals surface area contributed by atoms with E-state index in [4.69, 9.17) is 0 Å². The van der Waals surface area contributed by atoms with E-state index >= 15 is 0 Å². The largest absolute Gasteiger partial charge is 0.350 e. The average Bonchev–Trinajstić information content (AvgIpc) is 3.24. The third-order valence-corrected chi connectivity index (χ3v) is 5.56. The van der Waals surface area contributed by atoms with Gasteiger partial charge in [-0.15, -0.1) is 0 Å². The number of aromatic nitrogens is 2. The van der Waals surface area contributed by atoms with Crippen molar-refractivity contribution in [3.05, 3.63) is 71.0 Å². The molecule has 1 saturated heterocycles. The van der Waals surface area contributed by atoms with Gasteiger partial charge in [-0.05, 0) is 63.5 Å². The molecule has 0 saturated carbocycles. The number of rotatable bonds is 5. The first-order chi connectivity index (χ1) is 13.6. The van der Waals surface area contributed by atoms with Gasteiger partial charge in [-0.1, -0.05) is 30.3 Å². The molecule has 4 rings (SSSR count). The molecule has 0 bridgehead atoms. The van der Waals surface area contributed by atoms with Crippen LogP contribution in [0.15, 0.2) is 48.5 Å². The molecule has 1 fully saturated rings. The molecular weight excluding hydrogens is 348 g/mol. The Hall–Kier alpha value is -2.79. The summed E-state index contributed by atoms with van der Waals surface area (Å²) in [5, 5.41) is 3.14. The van der Waals surface area contributed by atoms with Crippen LogP contribution in [0.2, 0.25) is 0 Å². The predicted molar refractivity (Wildman–Crippen MR) is 111 cm³/mol. The number of benzene rings is 2. The third-order valence-electron chi connectivity index (χ3n) is 5.56. The summed E-state index contributed by atoms with van der Waals surface area (Å²) in [6.07, 6.45) is 2.44. The van der Waals surface area contributed by atoms with Crippen molar-refractivity contribution in [2.75, 3.05) is 19.6 Å². The Labute approximate surface area is 165 Å². The van der Waals surface area contributed by atoms with Crippen LogP contribution in [0.5, 0.6) is 0 Å². The van der Waals surface area contributed by atoms with Gasteiger partial charge in [0.15, 0.2) is 0 Å². The lowest BCUT2D eigenvalue weighted by atomic mass is 10.1. The highest BCUT2D eigenvalue weighted by Gasteiger charge is 2.24. The molecule has 1 aromatic heterocycles. The third kappa shape index (κ3) is 3.90. The fourth-order valence-electron chi connectivity index (χ4n) is 3.85. The van der Waals surface area contributed by atoms with Crippen molar-refractivity contribution >= 4 is 16.9 Å². The number of amides is 1. The van der Waals surface area contributed by atoms with Crippen molar-refractivity contribution in [2.24, 2.45) is 0 Å².